The van der Waals surface area contributed by atoms with Gasteiger partial charge in [-0.2, -0.15) is 0 Å². The van der Waals surface area contributed by atoms with Crippen LogP contribution in [0.4, 0.5) is 0 Å². The monoisotopic (exact) mass is 381 g/mol. The molecule has 1 amide bonds. The summed E-state index contributed by atoms with van der Waals surface area (Å²) in [4.78, 5) is 14.1. The van der Waals surface area contributed by atoms with E-state index in [-0.39, 0.29) is 5.91 Å². The van der Waals surface area contributed by atoms with Gasteiger partial charge in [0.1, 0.15) is 0 Å². The van der Waals surface area contributed by atoms with Crippen molar-refractivity contribution in [2.75, 3.05) is 5.75 Å². The molecular formula is C22H23NOS2. The highest BCUT2D eigenvalue weighted by Gasteiger charge is 2.14. The van der Waals surface area contributed by atoms with Gasteiger partial charge in [-0.05, 0) is 41.1 Å². The molecule has 0 radical (unpaired) electrons. The highest BCUT2D eigenvalue weighted by molar-refractivity contribution is 7.99. The average molecular weight is 382 g/mol. The Hall–Kier alpha value is -2.04. The molecule has 0 atom stereocenters. The molecule has 1 N–H and O–H groups in total. The lowest BCUT2D eigenvalue weighted by atomic mass is 10.1. The molecule has 0 saturated heterocycles. The van der Waals surface area contributed by atoms with Gasteiger partial charge in [-0.3, -0.25) is 4.79 Å². The topological polar surface area (TPSA) is 29.1 Å². The Bertz CT molecular complexity index is 899. The molecule has 0 spiro atoms. The minimum Gasteiger partial charge on any atom is -0.352 e. The van der Waals surface area contributed by atoms with Crippen molar-refractivity contribution in [2.45, 2.75) is 31.2 Å². The summed E-state index contributed by atoms with van der Waals surface area (Å²) in [6, 6.07) is 17.2. The lowest BCUT2D eigenvalue weighted by Gasteiger charge is -2.07. The van der Waals surface area contributed by atoms with Crippen molar-refractivity contribution < 1.29 is 4.79 Å². The maximum absolute atomic E-state index is 11.5. The van der Waals surface area contributed by atoms with Gasteiger partial charge >= 0.3 is 0 Å². The Kier molecular flexibility index (Phi) is 6.53. The molecule has 0 bridgehead atoms. The second-order valence-corrected chi connectivity index (χ2v) is 8.46. The van der Waals surface area contributed by atoms with Crippen LogP contribution in [0, 0.1) is 0 Å². The van der Waals surface area contributed by atoms with Gasteiger partial charge in [0, 0.05) is 40.1 Å². The maximum Gasteiger partial charge on any atom is 0.217 e. The highest BCUT2D eigenvalue weighted by Crippen LogP contribution is 2.35. The van der Waals surface area contributed by atoms with Crippen LogP contribution in [0.1, 0.15) is 29.3 Å². The van der Waals surface area contributed by atoms with Crippen LogP contribution in [-0.2, 0) is 17.8 Å². The lowest BCUT2D eigenvalue weighted by Crippen LogP contribution is -2.19. The maximum atomic E-state index is 11.5. The van der Waals surface area contributed by atoms with Gasteiger partial charge in [0.2, 0.25) is 5.91 Å². The van der Waals surface area contributed by atoms with Crippen molar-refractivity contribution in [1.82, 2.24) is 5.32 Å². The Morgan fingerprint density at radius 1 is 1.23 bits per heavy atom. The number of hydrogen-bond acceptors (Lipinski definition) is 3. The number of benzene rings is 2. The minimum absolute atomic E-state index is 0.00604. The first-order valence-electron chi connectivity index (χ1n) is 8.73. The summed E-state index contributed by atoms with van der Waals surface area (Å²) in [6.07, 6.45) is 3.86. The molecule has 1 heterocycles. The average Bonchev–Trinajstić information content (AvgIpc) is 2.97. The SMILES string of the molecule is C=CCCSc1ccc2sc(Cc3ccccc3)c(CNC(C)=O)c2c1. The van der Waals surface area contributed by atoms with Crippen molar-refractivity contribution in [3.63, 3.8) is 0 Å². The van der Waals surface area contributed by atoms with Crippen molar-refractivity contribution in [2.24, 2.45) is 0 Å². The fourth-order valence-corrected chi connectivity index (χ4v) is 4.98. The molecule has 3 aromatic rings. The van der Waals surface area contributed by atoms with Crippen LogP contribution in [-0.4, -0.2) is 11.7 Å². The van der Waals surface area contributed by atoms with Crippen LogP contribution in [0.2, 0.25) is 0 Å². The second-order valence-electron chi connectivity index (χ2n) is 6.16. The summed E-state index contributed by atoms with van der Waals surface area (Å²) in [5.41, 5.74) is 2.54. The van der Waals surface area contributed by atoms with Gasteiger partial charge < -0.3 is 5.32 Å². The summed E-state index contributed by atoms with van der Waals surface area (Å²) in [5, 5.41) is 4.25. The number of allylic oxidation sites excluding steroid dienone is 1. The zero-order valence-corrected chi connectivity index (χ0v) is 16.6. The predicted octanol–water partition coefficient (Wildman–Crippen LogP) is 5.80. The zero-order valence-electron chi connectivity index (χ0n) is 15.0. The molecule has 26 heavy (non-hydrogen) atoms. The number of fused-ring (bicyclic) bond motifs is 1. The summed E-state index contributed by atoms with van der Waals surface area (Å²) in [7, 11) is 0. The van der Waals surface area contributed by atoms with Crippen LogP contribution in [0.25, 0.3) is 10.1 Å². The molecule has 0 aliphatic heterocycles. The number of amides is 1. The molecule has 0 aliphatic carbocycles. The van der Waals surface area contributed by atoms with Gasteiger partial charge in [0.05, 0.1) is 0 Å². The normalized spacial score (nSPS) is 10.8. The zero-order chi connectivity index (χ0) is 18.4. The molecule has 3 rings (SSSR count). The van der Waals surface area contributed by atoms with Crippen molar-refractivity contribution in [3.05, 3.63) is 77.2 Å². The predicted molar refractivity (Wildman–Crippen MR) is 114 cm³/mol. The molecule has 4 heteroatoms. The molecule has 0 saturated carbocycles. The third-order valence-corrected chi connectivity index (χ3v) is 6.40. The summed E-state index contributed by atoms with van der Waals surface area (Å²) >= 11 is 3.68. The summed E-state index contributed by atoms with van der Waals surface area (Å²) in [6.45, 7) is 5.94. The number of rotatable bonds is 8. The van der Waals surface area contributed by atoms with Crippen molar-refractivity contribution >= 4 is 39.1 Å². The van der Waals surface area contributed by atoms with Crippen molar-refractivity contribution in [1.29, 1.82) is 0 Å². The summed E-state index contributed by atoms with van der Waals surface area (Å²) in [5.74, 6) is 1.04. The number of carbonyl (C=O) groups excluding carboxylic acids is 1. The Morgan fingerprint density at radius 2 is 2.04 bits per heavy atom. The molecule has 1 aromatic heterocycles. The van der Waals surface area contributed by atoms with Crippen LogP contribution >= 0.6 is 23.1 Å². The summed E-state index contributed by atoms with van der Waals surface area (Å²) < 4.78 is 1.28. The van der Waals surface area contributed by atoms with Gasteiger partial charge in [-0.15, -0.1) is 29.7 Å². The first kappa shape index (κ1) is 18.7. The Balaban J connectivity index is 1.95. The fourth-order valence-electron chi connectivity index (χ4n) is 2.86. The molecule has 2 nitrogen and oxygen atoms in total. The second kappa shape index (κ2) is 9.06. The van der Waals surface area contributed by atoms with E-state index >= 15 is 0 Å². The van der Waals surface area contributed by atoms with E-state index in [0.717, 1.165) is 18.6 Å². The van der Waals surface area contributed by atoms with E-state index in [0.29, 0.717) is 6.54 Å². The van der Waals surface area contributed by atoms with Gasteiger partial charge in [-0.25, -0.2) is 0 Å². The fraction of sp³-hybridized carbons (Fsp3) is 0.227. The number of thioether (sulfide) groups is 1. The molecule has 0 fully saturated rings. The molecule has 0 unspecified atom stereocenters. The van der Waals surface area contributed by atoms with Gasteiger partial charge in [0.15, 0.2) is 0 Å². The largest absolute Gasteiger partial charge is 0.352 e. The lowest BCUT2D eigenvalue weighted by molar-refractivity contribution is -0.119. The van der Waals surface area contributed by atoms with E-state index in [1.807, 2.05) is 35.2 Å². The van der Waals surface area contributed by atoms with E-state index in [1.165, 1.54) is 31.0 Å². The minimum atomic E-state index is 0.00604. The third-order valence-electron chi connectivity index (χ3n) is 4.16. The smallest absolute Gasteiger partial charge is 0.217 e. The standard InChI is InChI=1S/C22H23NOS2/c1-3-4-12-25-18-10-11-21-19(14-18)20(15-23-16(2)24)22(26-21)13-17-8-6-5-7-9-17/h3,5-11,14H,1,4,12-13,15H2,2H3,(H,23,24). The number of carbonyl (C=O) groups is 1. The van der Waals surface area contributed by atoms with Crippen LogP contribution in [0.3, 0.4) is 0 Å². The Morgan fingerprint density at radius 3 is 2.77 bits per heavy atom. The van der Waals surface area contributed by atoms with E-state index in [2.05, 4.69) is 54.4 Å². The first-order chi connectivity index (χ1) is 12.7. The number of nitrogens with one attached hydrogen (secondary N) is 1. The first-order valence-corrected chi connectivity index (χ1v) is 10.5. The van der Waals surface area contributed by atoms with E-state index in [4.69, 9.17) is 0 Å². The van der Waals surface area contributed by atoms with Crippen LogP contribution in [0.15, 0.2) is 66.1 Å². The highest BCUT2D eigenvalue weighted by atomic mass is 32.2. The third kappa shape index (κ3) is 4.77. The van der Waals surface area contributed by atoms with E-state index < -0.39 is 0 Å². The Labute approximate surface area is 163 Å². The van der Waals surface area contributed by atoms with Gasteiger partial charge in [0.25, 0.3) is 0 Å². The number of hydrogen-bond donors (Lipinski definition) is 1. The molecule has 2 aromatic carbocycles. The molecular weight excluding hydrogens is 358 g/mol. The molecule has 0 aliphatic rings. The van der Waals surface area contributed by atoms with Crippen LogP contribution in [0.5, 0.6) is 0 Å². The quantitative estimate of drug-likeness (QED) is 0.304. The van der Waals surface area contributed by atoms with Crippen molar-refractivity contribution in [3.8, 4) is 0 Å². The number of thiophene rings is 1. The van der Waals surface area contributed by atoms with Gasteiger partial charge in [-0.1, -0.05) is 36.4 Å². The van der Waals surface area contributed by atoms with E-state index in [9.17, 15) is 4.79 Å². The van der Waals surface area contributed by atoms with Crippen LogP contribution < -0.4 is 5.32 Å². The molecule has 134 valence electrons. The van der Waals surface area contributed by atoms with E-state index in [1.54, 1.807) is 6.92 Å².